The first-order valence-corrected chi connectivity index (χ1v) is 7.23. The fourth-order valence-electron chi connectivity index (χ4n) is 2.50. The van der Waals surface area contributed by atoms with Crippen LogP contribution in [0.1, 0.15) is 39.0 Å². The van der Waals surface area contributed by atoms with Crippen LogP contribution in [0.5, 0.6) is 0 Å². The predicted octanol–water partition coefficient (Wildman–Crippen LogP) is 1.27. The molecule has 1 saturated heterocycles. The summed E-state index contributed by atoms with van der Waals surface area (Å²) in [6, 6.07) is 0.262. The van der Waals surface area contributed by atoms with Gasteiger partial charge in [0.2, 0.25) is 11.8 Å². The van der Waals surface area contributed by atoms with Gasteiger partial charge in [0.25, 0.3) is 0 Å². The third-order valence-corrected chi connectivity index (χ3v) is 3.95. The predicted molar refractivity (Wildman–Crippen MR) is 77.0 cm³/mol. The molecule has 2 amide bonds. The summed E-state index contributed by atoms with van der Waals surface area (Å²) in [5.74, 6) is -1.45. The van der Waals surface area contributed by atoms with Crippen LogP contribution in [0.15, 0.2) is 4.99 Å². The van der Waals surface area contributed by atoms with E-state index >= 15 is 0 Å². The third-order valence-electron chi connectivity index (χ3n) is 3.63. The highest BCUT2D eigenvalue weighted by Gasteiger charge is 2.36. The molecule has 1 aliphatic heterocycles. The Labute approximate surface area is 118 Å². The van der Waals surface area contributed by atoms with E-state index in [1.807, 2.05) is 6.92 Å². The Morgan fingerprint density at radius 3 is 2.68 bits per heavy atom. The van der Waals surface area contributed by atoms with Gasteiger partial charge in [0.05, 0.1) is 0 Å². The highest BCUT2D eigenvalue weighted by Crippen LogP contribution is 2.20. The van der Waals surface area contributed by atoms with Crippen molar-refractivity contribution in [2.75, 3.05) is 6.54 Å². The van der Waals surface area contributed by atoms with E-state index in [0.29, 0.717) is 6.54 Å². The summed E-state index contributed by atoms with van der Waals surface area (Å²) in [6.07, 6.45) is 7.23. The minimum absolute atomic E-state index is 0.194. The van der Waals surface area contributed by atoms with E-state index in [9.17, 15) is 9.59 Å². The fraction of sp³-hybridized carbons (Fsp3) is 0.692. The van der Waals surface area contributed by atoms with Crippen molar-refractivity contribution in [2.45, 2.75) is 45.1 Å². The number of amides is 2. The number of carbonyl (C=O) groups excluding carboxylic acids is 2. The molecule has 104 valence electrons. The first-order valence-electron chi connectivity index (χ1n) is 6.83. The van der Waals surface area contributed by atoms with Crippen molar-refractivity contribution in [3.05, 3.63) is 0 Å². The van der Waals surface area contributed by atoms with Crippen LogP contribution in [0, 0.1) is 5.92 Å². The summed E-state index contributed by atoms with van der Waals surface area (Å²) in [5.41, 5.74) is 0. The van der Waals surface area contributed by atoms with Crippen LogP contribution in [0.25, 0.3) is 0 Å². The average molecular weight is 281 g/mol. The average Bonchev–Trinajstić information content (AvgIpc) is 2.39. The molecule has 0 spiro atoms. The monoisotopic (exact) mass is 281 g/mol. The minimum atomic E-state index is -0.825. The summed E-state index contributed by atoms with van der Waals surface area (Å²) in [4.78, 5) is 29.8. The van der Waals surface area contributed by atoms with Crippen LogP contribution < -0.4 is 5.32 Å². The number of nitrogens with zero attached hydrogens (tertiary/aromatic N) is 2. The molecular weight excluding hydrogens is 262 g/mol. The second kappa shape index (κ2) is 6.23. The van der Waals surface area contributed by atoms with Gasteiger partial charge in [0.15, 0.2) is 11.0 Å². The zero-order chi connectivity index (χ0) is 13.8. The van der Waals surface area contributed by atoms with Crippen molar-refractivity contribution < 1.29 is 9.59 Å². The Hall–Kier alpha value is -1.30. The summed E-state index contributed by atoms with van der Waals surface area (Å²) >= 11 is 4.97. The Morgan fingerprint density at radius 2 is 2.05 bits per heavy atom. The normalized spacial score (nSPS) is 26.1. The van der Waals surface area contributed by atoms with Gasteiger partial charge in [0, 0.05) is 18.8 Å². The van der Waals surface area contributed by atoms with Crippen molar-refractivity contribution in [1.82, 2.24) is 10.2 Å². The molecule has 0 bridgehead atoms. The lowest BCUT2D eigenvalue weighted by Gasteiger charge is -2.30. The van der Waals surface area contributed by atoms with Gasteiger partial charge >= 0.3 is 0 Å². The van der Waals surface area contributed by atoms with Gasteiger partial charge in [-0.1, -0.05) is 19.3 Å². The highest BCUT2D eigenvalue weighted by molar-refractivity contribution is 7.80. The molecule has 1 atom stereocenters. The summed E-state index contributed by atoms with van der Waals surface area (Å²) in [6.45, 7) is 2.29. The highest BCUT2D eigenvalue weighted by atomic mass is 32.1. The van der Waals surface area contributed by atoms with Crippen LogP contribution in [0.4, 0.5) is 0 Å². The maximum Gasteiger partial charge on any atom is 0.246 e. The third kappa shape index (κ3) is 3.18. The molecule has 0 radical (unpaired) electrons. The molecule has 0 aromatic carbocycles. The Bertz CT molecular complexity index is 416. The zero-order valence-corrected chi connectivity index (χ0v) is 11.9. The van der Waals surface area contributed by atoms with Crippen LogP contribution >= 0.6 is 12.2 Å². The second-order valence-corrected chi connectivity index (χ2v) is 5.33. The van der Waals surface area contributed by atoms with Gasteiger partial charge in [-0.3, -0.25) is 19.5 Å². The van der Waals surface area contributed by atoms with Gasteiger partial charge < -0.3 is 5.32 Å². The fourth-order valence-corrected chi connectivity index (χ4v) is 2.82. The molecule has 0 aromatic rings. The smallest absolute Gasteiger partial charge is 0.246 e. The standard InChI is InChI=1S/C13H19N3O2S/c1-2-16-12(18)10(11(17)15-13(16)19)8-14-9-6-4-3-5-7-9/h8-10H,2-7H2,1H3,(H,15,17,19)/t10-/m1/s1. The van der Waals surface area contributed by atoms with Crippen molar-refractivity contribution in [3.63, 3.8) is 0 Å². The Balaban J connectivity index is 2.05. The van der Waals surface area contributed by atoms with E-state index < -0.39 is 5.92 Å². The quantitative estimate of drug-likeness (QED) is 0.481. The van der Waals surface area contributed by atoms with Gasteiger partial charge in [-0.25, -0.2) is 0 Å². The first kappa shape index (κ1) is 14.1. The van der Waals surface area contributed by atoms with E-state index in [4.69, 9.17) is 12.2 Å². The van der Waals surface area contributed by atoms with Crippen LogP contribution in [0.3, 0.4) is 0 Å². The molecule has 0 aromatic heterocycles. The molecule has 19 heavy (non-hydrogen) atoms. The summed E-state index contributed by atoms with van der Waals surface area (Å²) < 4.78 is 0. The maximum atomic E-state index is 12.1. The molecule has 1 N–H and O–H groups in total. The van der Waals surface area contributed by atoms with Gasteiger partial charge in [-0.15, -0.1) is 0 Å². The number of aliphatic imine (C=N–C) groups is 1. The van der Waals surface area contributed by atoms with E-state index in [-0.39, 0.29) is 23.0 Å². The van der Waals surface area contributed by atoms with Crippen LogP contribution in [0.2, 0.25) is 0 Å². The van der Waals surface area contributed by atoms with Gasteiger partial charge in [0.1, 0.15) is 0 Å². The van der Waals surface area contributed by atoms with Crippen molar-refractivity contribution in [2.24, 2.45) is 10.9 Å². The number of hydrogen-bond acceptors (Lipinski definition) is 4. The van der Waals surface area contributed by atoms with Gasteiger partial charge in [-0.05, 0) is 32.0 Å². The van der Waals surface area contributed by atoms with Crippen molar-refractivity contribution in [3.8, 4) is 0 Å². The molecular formula is C13H19N3O2S. The lowest BCUT2D eigenvalue weighted by molar-refractivity contribution is -0.137. The van der Waals surface area contributed by atoms with E-state index in [1.165, 1.54) is 30.4 Å². The van der Waals surface area contributed by atoms with Gasteiger partial charge in [-0.2, -0.15) is 0 Å². The number of nitrogens with one attached hydrogen (secondary N) is 1. The van der Waals surface area contributed by atoms with Crippen molar-refractivity contribution >= 4 is 35.4 Å². The molecule has 6 heteroatoms. The number of carbonyl (C=O) groups is 2. The summed E-state index contributed by atoms with van der Waals surface area (Å²) in [7, 11) is 0. The molecule has 2 rings (SSSR count). The van der Waals surface area contributed by atoms with E-state index in [2.05, 4.69) is 10.3 Å². The molecule has 2 aliphatic rings. The largest absolute Gasteiger partial charge is 0.302 e. The molecule has 2 fully saturated rings. The van der Waals surface area contributed by atoms with Crippen LogP contribution in [-0.2, 0) is 9.59 Å². The summed E-state index contributed by atoms with van der Waals surface area (Å²) in [5, 5.41) is 2.75. The number of thiocarbonyl (C=S) groups is 1. The first-order chi connectivity index (χ1) is 9.13. The maximum absolute atomic E-state index is 12.1. The second-order valence-electron chi connectivity index (χ2n) is 4.94. The molecule has 1 heterocycles. The Morgan fingerprint density at radius 1 is 1.37 bits per heavy atom. The SMILES string of the molecule is CCN1C(=O)[C@H](C=NC2CCCCC2)C(=O)NC1=S. The molecule has 5 nitrogen and oxygen atoms in total. The zero-order valence-electron chi connectivity index (χ0n) is 11.1. The van der Waals surface area contributed by atoms with Crippen LogP contribution in [-0.4, -0.2) is 40.6 Å². The van der Waals surface area contributed by atoms with E-state index in [1.54, 1.807) is 0 Å². The lowest BCUT2D eigenvalue weighted by Crippen LogP contribution is -2.58. The minimum Gasteiger partial charge on any atom is -0.302 e. The topological polar surface area (TPSA) is 61.8 Å². The molecule has 1 aliphatic carbocycles. The molecule has 0 unspecified atom stereocenters. The van der Waals surface area contributed by atoms with E-state index in [0.717, 1.165) is 12.8 Å². The Kier molecular flexibility index (Phi) is 4.63. The number of rotatable bonds is 3. The lowest BCUT2D eigenvalue weighted by atomic mass is 9.96. The molecule has 1 saturated carbocycles. The number of hydrogen-bond donors (Lipinski definition) is 1. The van der Waals surface area contributed by atoms with Crippen molar-refractivity contribution in [1.29, 1.82) is 0 Å².